The first-order chi connectivity index (χ1) is 13.2. The Hall–Kier alpha value is -3.66. The quantitative estimate of drug-likeness (QED) is 0.314. The van der Waals surface area contributed by atoms with Crippen LogP contribution in [-0.2, 0) is 9.59 Å². The van der Waals surface area contributed by atoms with Crippen molar-refractivity contribution < 1.29 is 19.3 Å². The Morgan fingerprint density at radius 2 is 1.82 bits per heavy atom. The molecule has 2 aromatic carbocycles. The lowest BCUT2D eigenvalue weighted by molar-refractivity contribution is -0.384. The van der Waals surface area contributed by atoms with Crippen molar-refractivity contribution in [1.29, 1.82) is 0 Å². The Morgan fingerprint density at radius 1 is 1.18 bits per heavy atom. The monoisotopic (exact) mass is 403 g/mol. The maximum absolute atomic E-state index is 12.3. The highest BCUT2D eigenvalue weighted by atomic mass is 35.5. The number of benzene rings is 2. The molecule has 144 valence electrons. The summed E-state index contributed by atoms with van der Waals surface area (Å²) in [5, 5.41) is 21.0. The number of ketones is 1. The van der Waals surface area contributed by atoms with Gasteiger partial charge in [0.05, 0.1) is 4.92 Å². The fourth-order valence-corrected chi connectivity index (χ4v) is 2.26. The number of nitrogens with two attached hydrogens (primary N) is 1. The number of nitrogens with one attached hydrogen (secondary N) is 1. The van der Waals surface area contributed by atoms with E-state index in [1.54, 1.807) is 0 Å². The van der Waals surface area contributed by atoms with Crippen LogP contribution in [0.3, 0.4) is 0 Å². The summed E-state index contributed by atoms with van der Waals surface area (Å²) in [5.74, 6) is -2.04. The highest BCUT2D eigenvalue weighted by Gasteiger charge is 2.24. The van der Waals surface area contributed by atoms with E-state index in [1.165, 1.54) is 36.4 Å². The number of nitro benzene ring substituents is 1. The van der Waals surface area contributed by atoms with Gasteiger partial charge in [0.25, 0.3) is 11.6 Å². The molecular formula is C17H14ClN5O5. The number of primary amides is 1. The second-order valence-corrected chi connectivity index (χ2v) is 5.99. The molecule has 2 rings (SSSR count). The van der Waals surface area contributed by atoms with Crippen molar-refractivity contribution >= 4 is 46.3 Å². The number of hydrogen-bond acceptors (Lipinski definition) is 7. The summed E-state index contributed by atoms with van der Waals surface area (Å²) < 4.78 is 0. The third-order valence-corrected chi connectivity index (χ3v) is 3.72. The number of anilines is 1. The van der Waals surface area contributed by atoms with Gasteiger partial charge in [0.2, 0.25) is 11.9 Å². The van der Waals surface area contributed by atoms with E-state index in [-0.39, 0.29) is 16.3 Å². The fraction of sp³-hybridized carbons (Fsp3) is 0.118. The average Bonchev–Trinajstić information content (AvgIpc) is 2.62. The Morgan fingerprint density at radius 3 is 2.36 bits per heavy atom. The molecule has 28 heavy (non-hydrogen) atoms. The molecule has 0 aliphatic carbocycles. The first kappa shape index (κ1) is 20.6. The van der Waals surface area contributed by atoms with Gasteiger partial charge in [0.1, 0.15) is 0 Å². The lowest BCUT2D eigenvalue weighted by Crippen LogP contribution is -2.31. The first-order valence-corrected chi connectivity index (χ1v) is 8.13. The minimum Gasteiger partial charge on any atom is -0.366 e. The van der Waals surface area contributed by atoms with Crippen LogP contribution in [0.15, 0.2) is 52.7 Å². The molecule has 2 amide bonds. The number of rotatable bonds is 7. The third-order valence-electron chi connectivity index (χ3n) is 3.49. The Bertz CT molecular complexity index is 974. The van der Waals surface area contributed by atoms with Gasteiger partial charge in [-0.25, -0.2) is 0 Å². The van der Waals surface area contributed by atoms with Crippen molar-refractivity contribution in [2.24, 2.45) is 16.0 Å². The van der Waals surface area contributed by atoms with E-state index < -0.39 is 34.3 Å². The van der Waals surface area contributed by atoms with Crippen LogP contribution in [-0.4, -0.2) is 28.6 Å². The fourth-order valence-electron chi connectivity index (χ4n) is 2.09. The summed E-state index contributed by atoms with van der Waals surface area (Å²) in [6.07, 6.45) is 0. The molecule has 0 bridgehead atoms. The largest absolute Gasteiger partial charge is 0.366 e. The lowest BCUT2D eigenvalue weighted by Gasteiger charge is -2.09. The van der Waals surface area contributed by atoms with Crippen LogP contribution in [0.25, 0.3) is 0 Å². The number of nitrogens with zero attached hydrogens (tertiary/aromatic N) is 3. The van der Waals surface area contributed by atoms with Crippen LogP contribution in [0.4, 0.5) is 17.1 Å². The van der Waals surface area contributed by atoms with Crippen molar-refractivity contribution in [1.82, 2.24) is 0 Å². The van der Waals surface area contributed by atoms with Crippen LogP contribution < -0.4 is 11.1 Å². The number of carbonyl (C=O) groups excluding carboxylic acids is 3. The molecule has 0 aliphatic heterocycles. The molecule has 1 atom stereocenters. The normalized spacial score (nSPS) is 11.8. The number of amides is 2. The van der Waals surface area contributed by atoms with Gasteiger partial charge in [-0.1, -0.05) is 11.6 Å². The molecule has 0 radical (unpaired) electrons. The predicted octanol–water partition coefficient (Wildman–Crippen LogP) is 3.03. The summed E-state index contributed by atoms with van der Waals surface area (Å²) in [5.41, 5.74) is 5.11. The molecule has 11 heteroatoms. The maximum Gasteiger partial charge on any atom is 0.298 e. The van der Waals surface area contributed by atoms with Crippen LogP contribution in [0.2, 0.25) is 5.02 Å². The summed E-state index contributed by atoms with van der Waals surface area (Å²) in [4.78, 5) is 45.5. The molecule has 0 heterocycles. The summed E-state index contributed by atoms with van der Waals surface area (Å²) in [6.45, 7) is 1.13. The number of carbonyl (C=O) groups is 3. The van der Waals surface area contributed by atoms with E-state index in [1.807, 2.05) is 0 Å². The molecule has 2 aromatic rings. The second-order valence-electron chi connectivity index (χ2n) is 5.55. The average molecular weight is 404 g/mol. The summed E-state index contributed by atoms with van der Waals surface area (Å²) in [6, 6.07) is 7.84. The smallest absolute Gasteiger partial charge is 0.298 e. The van der Waals surface area contributed by atoms with Gasteiger partial charge in [-0.3, -0.25) is 24.5 Å². The minimum absolute atomic E-state index is 0.130. The minimum atomic E-state index is -1.52. The standard InChI is InChI=1S/C17H14ClN5O5/c1-9(24)15(17(26)20-12-5-2-10(3-6-12)16(19)25)22-21-13-7-4-11(18)8-14(13)23(27)28/h2-8,15H,1H3,(H2,19,25)(H,20,26). The topological polar surface area (TPSA) is 157 Å². The number of Topliss-reactive ketones (excluding diaryl/α,β-unsaturated/α-hetero) is 1. The van der Waals surface area contributed by atoms with Gasteiger partial charge in [-0.15, -0.1) is 5.11 Å². The molecule has 0 aliphatic rings. The number of hydrogen-bond donors (Lipinski definition) is 2. The first-order valence-electron chi connectivity index (χ1n) is 7.75. The SMILES string of the molecule is CC(=O)C(N=Nc1ccc(Cl)cc1[N+](=O)[O-])C(=O)Nc1ccc(C(N)=O)cc1. The number of nitro groups is 1. The van der Waals surface area contributed by atoms with Crippen LogP contribution >= 0.6 is 11.6 Å². The second kappa shape index (κ2) is 8.82. The Balaban J connectivity index is 2.22. The van der Waals surface area contributed by atoms with E-state index in [0.29, 0.717) is 5.69 Å². The van der Waals surface area contributed by atoms with Crippen molar-refractivity contribution in [3.8, 4) is 0 Å². The molecule has 10 nitrogen and oxygen atoms in total. The van der Waals surface area contributed by atoms with Crippen LogP contribution in [0, 0.1) is 10.1 Å². The van der Waals surface area contributed by atoms with Crippen molar-refractivity contribution in [3.05, 3.63) is 63.2 Å². The van der Waals surface area contributed by atoms with E-state index in [0.717, 1.165) is 13.0 Å². The number of halogens is 1. The van der Waals surface area contributed by atoms with Gasteiger partial charge >= 0.3 is 0 Å². The van der Waals surface area contributed by atoms with Gasteiger partial charge in [-0.05, 0) is 43.3 Å². The highest BCUT2D eigenvalue weighted by Crippen LogP contribution is 2.30. The van der Waals surface area contributed by atoms with Crippen molar-refractivity contribution in [2.75, 3.05) is 5.32 Å². The predicted molar refractivity (Wildman–Crippen MR) is 101 cm³/mol. The molecule has 3 N–H and O–H groups in total. The van der Waals surface area contributed by atoms with Gasteiger partial charge in [0.15, 0.2) is 11.5 Å². The van der Waals surface area contributed by atoms with Crippen LogP contribution in [0.5, 0.6) is 0 Å². The highest BCUT2D eigenvalue weighted by molar-refractivity contribution is 6.30. The van der Waals surface area contributed by atoms with E-state index in [4.69, 9.17) is 17.3 Å². The maximum atomic E-state index is 12.3. The molecule has 0 aromatic heterocycles. The molecule has 0 fully saturated rings. The van der Waals surface area contributed by atoms with Gasteiger partial charge in [0, 0.05) is 22.3 Å². The van der Waals surface area contributed by atoms with Crippen molar-refractivity contribution in [2.45, 2.75) is 13.0 Å². The molecule has 0 saturated heterocycles. The number of azo groups is 1. The van der Waals surface area contributed by atoms with Gasteiger partial charge < -0.3 is 11.1 Å². The molecule has 1 unspecified atom stereocenters. The Kier molecular flexibility index (Phi) is 6.51. The summed E-state index contributed by atoms with van der Waals surface area (Å²) in [7, 11) is 0. The third kappa shape index (κ3) is 5.17. The summed E-state index contributed by atoms with van der Waals surface area (Å²) >= 11 is 5.72. The van der Waals surface area contributed by atoms with Crippen LogP contribution in [0.1, 0.15) is 17.3 Å². The molecular weight excluding hydrogens is 390 g/mol. The molecule has 0 saturated carbocycles. The van der Waals surface area contributed by atoms with E-state index >= 15 is 0 Å². The zero-order chi connectivity index (χ0) is 20.8. The lowest BCUT2D eigenvalue weighted by atomic mass is 10.1. The molecule has 0 spiro atoms. The zero-order valence-corrected chi connectivity index (χ0v) is 15.2. The Labute approximate surface area is 163 Å². The van der Waals surface area contributed by atoms with E-state index in [2.05, 4.69) is 15.5 Å². The zero-order valence-electron chi connectivity index (χ0n) is 14.5. The van der Waals surface area contributed by atoms with Gasteiger partial charge in [-0.2, -0.15) is 5.11 Å². The van der Waals surface area contributed by atoms with Crippen molar-refractivity contribution in [3.63, 3.8) is 0 Å². The van der Waals surface area contributed by atoms with E-state index in [9.17, 15) is 24.5 Å².